The minimum absolute atomic E-state index is 0.00980. The molecule has 2 aromatic rings. The number of carbonyl (C=O) groups is 2. The van der Waals surface area contributed by atoms with Crippen LogP contribution >= 0.6 is 11.6 Å². The maximum atomic E-state index is 13.0. The van der Waals surface area contributed by atoms with E-state index in [1.807, 2.05) is 12.1 Å². The van der Waals surface area contributed by atoms with Gasteiger partial charge in [0.15, 0.2) is 0 Å². The van der Waals surface area contributed by atoms with E-state index in [4.69, 9.17) is 11.6 Å². The summed E-state index contributed by atoms with van der Waals surface area (Å²) >= 11 is 5.82. The predicted molar refractivity (Wildman–Crippen MR) is 94.0 cm³/mol. The first-order valence-electron chi connectivity index (χ1n) is 7.86. The highest BCUT2D eigenvalue weighted by molar-refractivity contribution is 6.30. The summed E-state index contributed by atoms with van der Waals surface area (Å²) in [4.78, 5) is 27.5. The van der Waals surface area contributed by atoms with Crippen molar-refractivity contribution in [1.29, 1.82) is 0 Å². The van der Waals surface area contributed by atoms with Crippen LogP contribution in [0.3, 0.4) is 0 Å². The van der Waals surface area contributed by atoms with Crippen molar-refractivity contribution in [3.05, 3.63) is 64.9 Å². The number of urea groups is 1. The van der Waals surface area contributed by atoms with Crippen LogP contribution in [-0.4, -0.2) is 36.5 Å². The smallest absolute Gasteiger partial charge is 0.325 e. The van der Waals surface area contributed by atoms with Crippen molar-refractivity contribution in [2.75, 3.05) is 24.5 Å². The van der Waals surface area contributed by atoms with Crippen molar-refractivity contribution in [3.8, 4) is 0 Å². The van der Waals surface area contributed by atoms with E-state index in [1.54, 1.807) is 24.3 Å². The van der Waals surface area contributed by atoms with E-state index in [2.05, 4.69) is 5.32 Å². The fourth-order valence-corrected chi connectivity index (χ4v) is 2.75. The average molecular weight is 362 g/mol. The quantitative estimate of drug-likeness (QED) is 0.890. The normalized spacial score (nSPS) is 14.1. The van der Waals surface area contributed by atoms with Crippen LogP contribution in [0, 0.1) is 5.82 Å². The van der Waals surface area contributed by atoms with Gasteiger partial charge in [-0.05, 0) is 42.0 Å². The molecule has 0 atom stereocenters. The molecule has 0 spiro atoms. The Kier molecular flexibility index (Phi) is 5.19. The van der Waals surface area contributed by atoms with Crippen LogP contribution in [0.15, 0.2) is 48.5 Å². The number of hydrogen-bond donors (Lipinski definition) is 1. The van der Waals surface area contributed by atoms with Crippen molar-refractivity contribution >= 4 is 29.2 Å². The third kappa shape index (κ3) is 4.28. The largest absolute Gasteiger partial charge is 0.350 e. The SMILES string of the molecule is O=C(CN1CCN(c2ccc(F)cc2)C1=O)NCc1ccc(Cl)cc1. The van der Waals surface area contributed by atoms with Crippen LogP contribution in [0.5, 0.6) is 0 Å². The summed E-state index contributed by atoms with van der Waals surface area (Å²) in [6.45, 7) is 1.28. The van der Waals surface area contributed by atoms with E-state index in [-0.39, 0.29) is 24.3 Å². The van der Waals surface area contributed by atoms with Gasteiger partial charge in [-0.15, -0.1) is 0 Å². The Labute approximate surface area is 150 Å². The molecule has 1 saturated heterocycles. The number of hydrogen-bond acceptors (Lipinski definition) is 2. The van der Waals surface area contributed by atoms with Gasteiger partial charge in [0, 0.05) is 30.3 Å². The molecule has 1 fully saturated rings. The van der Waals surface area contributed by atoms with Crippen LogP contribution in [0.1, 0.15) is 5.56 Å². The van der Waals surface area contributed by atoms with Crippen molar-refractivity contribution in [3.63, 3.8) is 0 Å². The van der Waals surface area contributed by atoms with Crippen molar-refractivity contribution in [2.45, 2.75) is 6.54 Å². The highest BCUT2D eigenvalue weighted by atomic mass is 35.5. The molecule has 25 heavy (non-hydrogen) atoms. The molecule has 0 aliphatic carbocycles. The molecule has 0 bridgehead atoms. The van der Waals surface area contributed by atoms with Gasteiger partial charge in [0.25, 0.3) is 0 Å². The summed E-state index contributed by atoms with van der Waals surface area (Å²) in [5.74, 6) is -0.585. The van der Waals surface area contributed by atoms with Gasteiger partial charge >= 0.3 is 6.03 Å². The minimum Gasteiger partial charge on any atom is -0.350 e. The maximum Gasteiger partial charge on any atom is 0.325 e. The molecule has 1 N–H and O–H groups in total. The van der Waals surface area contributed by atoms with Gasteiger partial charge in [0.1, 0.15) is 12.4 Å². The number of benzene rings is 2. The number of carbonyl (C=O) groups excluding carboxylic acids is 2. The maximum absolute atomic E-state index is 13.0. The Balaban J connectivity index is 1.52. The topological polar surface area (TPSA) is 52.7 Å². The van der Waals surface area contributed by atoms with Crippen molar-refractivity contribution < 1.29 is 14.0 Å². The van der Waals surface area contributed by atoms with Gasteiger partial charge in [-0.3, -0.25) is 9.69 Å². The van der Waals surface area contributed by atoms with E-state index >= 15 is 0 Å². The Bertz CT molecular complexity index is 765. The highest BCUT2D eigenvalue weighted by Gasteiger charge is 2.30. The molecule has 3 amide bonds. The molecule has 1 aliphatic rings. The number of nitrogens with zero attached hydrogens (tertiary/aromatic N) is 2. The molecular weight excluding hydrogens is 345 g/mol. The third-order valence-corrected chi connectivity index (χ3v) is 4.22. The number of rotatable bonds is 5. The number of amides is 3. The first kappa shape index (κ1) is 17.2. The van der Waals surface area contributed by atoms with Crippen LogP contribution in [0.2, 0.25) is 5.02 Å². The van der Waals surface area contributed by atoms with Gasteiger partial charge in [-0.2, -0.15) is 0 Å². The summed E-state index contributed by atoms with van der Waals surface area (Å²) in [6.07, 6.45) is 0. The molecular formula is C18H17ClFN3O2. The fourth-order valence-electron chi connectivity index (χ4n) is 2.62. The Morgan fingerprint density at radius 1 is 1.08 bits per heavy atom. The molecule has 0 radical (unpaired) electrons. The second-order valence-electron chi connectivity index (χ2n) is 5.74. The van der Waals surface area contributed by atoms with Crippen LogP contribution in [0.4, 0.5) is 14.9 Å². The summed E-state index contributed by atoms with van der Waals surface area (Å²) < 4.78 is 13.0. The minimum atomic E-state index is -0.353. The van der Waals surface area contributed by atoms with Gasteiger partial charge in [-0.25, -0.2) is 9.18 Å². The number of halogens is 2. The molecule has 3 rings (SSSR count). The molecule has 130 valence electrons. The molecule has 2 aromatic carbocycles. The monoisotopic (exact) mass is 361 g/mol. The number of anilines is 1. The lowest BCUT2D eigenvalue weighted by Gasteiger charge is -2.18. The van der Waals surface area contributed by atoms with E-state index in [1.165, 1.54) is 21.9 Å². The zero-order valence-corrected chi connectivity index (χ0v) is 14.2. The van der Waals surface area contributed by atoms with Crippen LogP contribution in [0.25, 0.3) is 0 Å². The summed E-state index contributed by atoms with van der Waals surface area (Å²) in [5.41, 5.74) is 1.55. The van der Waals surface area contributed by atoms with E-state index in [0.29, 0.717) is 30.3 Å². The third-order valence-electron chi connectivity index (χ3n) is 3.97. The summed E-state index contributed by atoms with van der Waals surface area (Å²) in [6, 6.07) is 12.7. The molecule has 5 nitrogen and oxygen atoms in total. The van der Waals surface area contributed by atoms with Gasteiger partial charge in [0.05, 0.1) is 0 Å². The Morgan fingerprint density at radius 3 is 2.44 bits per heavy atom. The van der Waals surface area contributed by atoms with E-state index in [0.717, 1.165) is 5.56 Å². The lowest BCUT2D eigenvalue weighted by atomic mass is 10.2. The predicted octanol–water partition coefficient (Wildman–Crippen LogP) is 3.04. The molecule has 1 heterocycles. The van der Waals surface area contributed by atoms with E-state index < -0.39 is 0 Å². The average Bonchev–Trinajstić information content (AvgIpc) is 2.96. The summed E-state index contributed by atoms with van der Waals surface area (Å²) in [5, 5.41) is 3.42. The van der Waals surface area contributed by atoms with Gasteiger partial charge < -0.3 is 10.2 Å². The molecule has 0 unspecified atom stereocenters. The second-order valence-corrected chi connectivity index (χ2v) is 6.17. The first-order chi connectivity index (χ1) is 12.0. The second kappa shape index (κ2) is 7.53. The Morgan fingerprint density at radius 2 is 1.76 bits per heavy atom. The van der Waals surface area contributed by atoms with Crippen LogP contribution in [-0.2, 0) is 11.3 Å². The molecule has 7 heteroatoms. The molecule has 1 aliphatic heterocycles. The summed E-state index contributed by atoms with van der Waals surface area (Å²) in [7, 11) is 0. The van der Waals surface area contributed by atoms with Crippen molar-refractivity contribution in [1.82, 2.24) is 10.2 Å². The lowest BCUT2D eigenvalue weighted by Crippen LogP contribution is -2.39. The van der Waals surface area contributed by atoms with Gasteiger partial charge in [0.2, 0.25) is 5.91 Å². The fraction of sp³-hybridized carbons (Fsp3) is 0.222. The highest BCUT2D eigenvalue weighted by Crippen LogP contribution is 2.20. The first-order valence-corrected chi connectivity index (χ1v) is 8.24. The standard InChI is InChI=1S/C18H17ClFN3O2/c19-14-3-1-13(2-4-14)11-21-17(24)12-22-9-10-23(18(22)25)16-7-5-15(20)6-8-16/h1-8H,9-12H2,(H,21,24). The molecule has 0 aromatic heterocycles. The molecule has 0 saturated carbocycles. The van der Waals surface area contributed by atoms with E-state index in [9.17, 15) is 14.0 Å². The zero-order chi connectivity index (χ0) is 17.8. The van der Waals surface area contributed by atoms with Crippen LogP contribution < -0.4 is 10.2 Å². The van der Waals surface area contributed by atoms with Crippen molar-refractivity contribution in [2.24, 2.45) is 0 Å². The Hall–Kier alpha value is -2.60. The number of nitrogens with one attached hydrogen (secondary N) is 1. The zero-order valence-electron chi connectivity index (χ0n) is 13.4. The van der Waals surface area contributed by atoms with Gasteiger partial charge in [-0.1, -0.05) is 23.7 Å². The lowest BCUT2D eigenvalue weighted by molar-refractivity contribution is -0.121.